The fourth-order valence-electron chi connectivity index (χ4n) is 0. The predicted octanol–water partition coefficient (Wildman–Crippen LogP) is 0.617. The zero-order valence-corrected chi connectivity index (χ0v) is 4.42. The number of rotatable bonds is 0. The maximum Gasteiger partial charge on any atom is 0 e. The Balaban J connectivity index is 0. The van der Waals surface area contributed by atoms with Crippen LogP contribution in [-0.4, -0.2) is 14.1 Å². The van der Waals surface area contributed by atoms with Crippen molar-refractivity contribution in [1.29, 1.82) is 0 Å². The van der Waals surface area contributed by atoms with Gasteiger partial charge in [0.2, 0.25) is 0 Å². The average Bonchev–Trinajstić information content (AvgIpc) is 0.918. The second-order valence-corrected chi connectivity index (χ2v) is 0.447. The van der Waals surface area contributed by atoms with Gasteiger partial charge in [0.25, 0.3) is 0 Å². The number of hydrogen-bond donors (Lipinski definition) is 0. The third kappa shape index (κ3) is 19.0. The normalized spacial score (nSPS) is 4.50. The Kier molecular flexibility index (Phi) is 21.0. The Labute approximate surface area is 39.5 Å². The van der Waals surface area contributed by atoms with E-state index in [0.717, 1.165) is 0 Å². The monoisotopic (exact) mass is 147 g/mol. The van der Waals surface area contributed by atoms with Gasteiger partial charge in [0.05, 0.1) is 0 Å². The average molecular weight is 147 g/mol. The van der Waals surface area contributed by atoms with E-state index in [1.807, 2.05) is 0 Å². The minimum absolute atomic E-state index is 0. The fourth-order valence-corrected chi connectivity index (χ4v) is 0. The van der Waals surface area contributed by atoms with Crippen molar-refractivity contribution in [2.75, 3.05) is 14.1 Å². The molecule has 4 heavy (non-hydrogen) atoms. The van der Waals surface area contributed by atoms with Crippen molar-refractivity contribution < 1.29 is 19.5 Å². The molecule has 0 aliphatic rings. The van der Waals surface area contributed by atoms with Gasteiger partial charge in [-0.25, -0.2) is 0 Å². The van der Waals surface area contributed by atoms with Crippen LogP contribution in [-0.2, 0) is 19.5 Å². The molecule has 0 bridgehead atoms. The van der Waals surface area contributed by atoms with E-state index in [-0.39, 0.29) is 19.5 Å². The molecule has 0 aliphatic carbocycles. The Bertz CT molecular complexity index is 6.00. The van der Waals surface area contributed by atoms with Crippen LogP contribution >= 0.6 is 0 Å². The molecule has 1 radical (unpaired) electrons. The second kappa shape index (κ2) is 9.54. The van der Waals surface area contributed by atoms with Crippen molar-refractivity contribution in [3.63, 3.8) is 0 Å². The molecule has 0 amide bonds. The van der Waals surface area contributed by atoms with E-state index in [0.29, 0.717) is 0 Å². The van der Waals surface area contributed by atoms with Crippen LogP contribution in [0.4, 0.5) is 0 Å². The molecule has 0 aromatic rings. The van der Waals surface area contributed by atoms with Gasteiger partial charge >= 0.3 is 0 Å². The predicted molar refractivity (Wildman–Crippen MR) is 15.2 cm³/mol. The SMILES string of the molecule is C[N-]C.[Rh]. The van der Waals surface area contributed by atoms with Gasteiger partial charge < -0.3 is 5.32 Å². The summed E-state index contributed by atoms with van der Waals surface area (Å²) < 4.78 is 0. The molecule has 0 fully saturated rings. The van der Waals surface area contributed by atoms with Gasteiger partial charge in [-0.05, 0) is 0 Å². The van der Waals surface area contributed by atoms with Crippen molar-refractivity contribution in [1.82, 2.24) is 0 Å². The van der Waals surface area contributed by atoms with Gasteiger partial charge in [0, 0.05) is 19.5 Å². The van der Waals surface area contributed by atoms with E-state index in [2.05, 4.69) is 5.32 Å². The largest absolute Gasteiger partial charge is 0.668 e. The molecule has 0 atom stereocenters. The first-order valence-corrected chi connectivity index (χ1v) is 0.894. The zero-order valence-electron chi connectivity index (χ0n) is 2.78. The third-order valence-electron chi connectivity index (χ3n) is 0. The van der Waals surface area contributed by atoms with E-state index in [9.17, 15) is 0 Å². The summed E-state index contributed by atoms with van der Waals surface area (Å²) in [5.74, 6) is 0. The van der Waals surface area contributed by atoms with Gasteiger partial charge in [0.1, 0.15) is 0 Å². The van der Waals surface area contributed by atoms with Crippen LogP contribution < -0.4 is 0 Å². The van der Waals surface area contributed by atoms with Crippen molar-refractivity contribution in [2.45, 2.75) is 0 Å². The topological polar surface area (TPSA) is 14.1 Å². The van der Waals surface area contributed by atoms with Crippen molar-refractivity contribution >= 4 is 0 Å². The molecule has 0 aromatic carbocycles. The minimum atomic E-state index is 0. The summed E-state index contributed by atoms with van der Waals surface area (Å²) in [5, 5.41) is 3.50. The number of nitrogens with zero attached hydrogens (tertiary/aromatic N) is 1. The Morgan fingerprint density at radius 2 is 1.25 bits per heavy atom. The van der Waals surface area contributed by atoms with E-state index >= 15 is 0 Å². The minimum Gasteiger partial charge on any atom is -0.668 e. The Morgan fingerprint density at radius 3 is 1.25 bits per heavy atom. The first-order chi connectivity index (χ1) is 1.41. The number of hydrogen-bond acceptors (Lipinski definition) is 0. The zero-order chi connectivity index (χ0) is 2.71. The maximum absolute atomic E-state index is 3.50. The van der Waals surface area contributed by atoms with Crippen molar-refractivity contribution in [3.05, 3.63) is 5.32 Å². The van der Waals surface area contributed by atoms with Crippen molar-refractivity contribution in [3.8, 4) is 0 Å². The smallest absolute Gasteiger partial charge is 0 e. The Hall–Kier alpha value is 0.583. The van der Waals surface area contributed by atoms with E-state index < -0.39 is 0 Å². The molecule has 0 aliphatic heterocycles. The van der Waals surface area contributed by atoms with Gasteiger partial charge in [-0.3, -0.25) is 0 Å². The molecule has 0 spiro atoms. The molecule has 0 N–H and O–H groups in total. The first-order valence-electron chi connectivity index (χ1n) is 0.894. The quantitative estimate of drug-likeness (QED) is 0.446. The van der Waals surface area contributed by atoms with Gasteiger partial charge in [-0.1, -0.05) is 0 Å². The van der Waals surface area contributed by atoms with Crippen LogP contribution in [0.2, 0.25) is 0 Å². The van der Waals surface area contributed by atoms with Crippen LogP contribution in [0.15, 0.2) is 0 Å². The first kappa shape index (κ1) is 8.82. The molecule has 1 nitrogen and oxygen atoms in total. The molecule has 0 unspecified atom stereocenters. The summed E-state index contributed by atoms with van der Waals surface area (Å²) in [6, 6.07) is 0. The van der Waals surface area contributed by atoms with Gasteiger partial charge in [-0.15, -0.1) is 0 Å². The van der Waals surface area contributed by atoms with Crippen LogP contribution in [0, 0.1) is 0 Å². The summed E-state index contributed by atoms with van der Waals surface area (Å²) >= 11 is 0. The van der Waals surface area contributed by atoms with Crippen LogP contribution in [0.5, 0.6) is 0 Å². The standard InChI is InChI=1S/C2H6N.Rh/c1-3-2;/h1-2H3;/q-1;. The summed E-state index contributed by atoms with van der Waals surface area (Å²) in [6.45, 7) is 0. The van der Waals surface area contributed by atoms with E-state index in [4.69, 9.17) is 0 Å². The summed E-state index contributed by atoms with van der Waals surface area (Å²) in [6.07, 6.45) is 0. The molecule has 0 saturated carbocycles. The van der Waals surface area contributed by atoms with Gasteiger partial charge in [-0.2, -0.15) is 14.1 Å². The summed E-state index contributed by atoms with van der Waals surface area (Å²) in [7, 11) is 3.50. The Morgan fingerprint density at radius 1 is 1.25 bits per heavy atom. The van der Waals surface area contributed by atoms with E-state index in [1.54, 1.807) is 14.1 Å². The van der Waals surface area contributed by atoms with Crippen molar-refractivity contribution in [2.24, 2.45) is 0 Å². The summed E-state index contributed by atoms with van der Waals surface area (Å²) in [5.41, 5.74) is 0. The van der Waals surface area contributed by atoms with Crippen LogP contribution in [0.3, 0.4) is 0 Å². The van der Waals surface area contributed by atoms with Gasteiger partial charge in [0.15, 0.2) is 0 Å². The molecule has 0 saturated heterocycles. The molecular weight excluding hydrogens is 141 g/mol. The van der Waals surface area contributed by atoms with Crippen LogP contribution in [0.25, 0.3) is 5.32 Å². The molecule has 29 valence electrons. The van der Waals surface area contributed by atoms with E-state index in [1.165, 1.54) is 0 Å². The fraction of sp³-hybridized carbons (Fsp3) is 1.00. The summed E-state index contributed by atoms with van der Waals surface area (Å²) in [4.78, 5) is 0. The molecule has 0 aromatic heterocycles. The third-order valence-corrected chi connectivity index (χ3v) is 0. The molecule has 2 heteroatoms. The molecule has 0 heterocycles. The molecular formula is C2H6NRh-. The maximum atomic E-state index is 3.50. The second-order valence-electron chi connectivity index (χ2n) is 0.447. The van der Waals surface area contributed by atoms with Crippen LogP contribution in [0.1, 0.15) is 0 Å². The molecule has 0 rings (SSSR count).